The van der Waals surface area contributed by atoms with Gasteiger partial charge in [0.25, 0.3) is 0 Å². The average molecular weight is 374 g/mol. The highest BCUT2D eigenvalue weighted by molar-refractivity contribution is 7.18. The molecule has 0 spiro atoms. The molecule has 1 amide bonds. The molecule has 0 aliphatic carbocycles. The van der Waals surface area contributed by atoms with Crippen molar-refractivity contribution in [2.45, 2.75) is 13.3 Å². The van der Waals surface area contributed by atoms with Gasteiger partial charge in [0, 0.05) is 11.8 Å². The Morgan fingerprint density at radius 1 is 1.07 bits per heavy atom. The van der Waals surface area contributed by atoms with E-state index in [0.717, 1.165) is 27.5 Å². The molecule has 2 aromatic heterocycles. The second kappa shape index (κ2) is 7.55. The summed E-state index contributed by atoms with van der Waals surface area (Å²) in [7, 11) is 0. The molecule has 0 saturated heterocycles. The lowest BCUT2D eigenvalue weighted by Crippen LogP contribution is -2.14. The van der Waals surface area contributed by atoms with Crippen molar-refractivity contribution in [2.75, 3.05) is 5.32 Å². The van der Waals surface area contributed by atoms with Gasteiger partial charge in [0.15, 0.2) is 5.13 Å². The Morgan fingerprint density at radius 3 is 2.44 bits per heavy atom. The maximum Gasteiger partial charge on any atom is 0.230 e. The summed E-state index contributed by atoms with van der Waals surface area (Å²) in [5.41, 5.74) is 3.73. The quantitative estimate of drug-likeness (QED) is 0.560. The van der Waals surface area contributed by atoms with Crippen LogP contribution in [0.5, 0.6) is 0 Å². The summed E-state index contributed by atoms with van der Waals surface area (Å²) >= 11 is 1.44. The molecule has 0 radical (unpaired) electrons. The highest BCUT2D eigenvalue weighted by Crippen LogP contribution is 2.34. The highest BCUT2D eigenvalue weighted by Gasteiger charge is 2.16. The number of nitrogens with one attached hydrogen (secondary N) is 1. The number of aromatic nitrogens is 3. The smallest absolute Gasteiger partial charge is 0.230 e. The van der Waals surface area contributed by atoms with Gasteiger partial charge >= 0.3 is 0 Å². The molecule has 134 valence electrons. The van der Waals surface area contributed by atoms with Crippen LogP contribution in [0.3, 0.4) is 0 Å². The van der Waals surface area contributed by atoms with Crippen LogP contribution in [0.1, 0.15) is 11.3 Å². The van der Waals surface area contributed by atoms with E-state index in [1.807, 2.05) is 78.4 Å². The van der Waals surface area contributed by atoms with Crippen LogP contribution in [0.15, 0.2) is 73.2 Å². The van der Waals surface area contributed by atoms with Crippen LogP contribution in [-0.4, -0.2) is 20.4 Å². The first kappa shape index (κ1) is 17.2. The number of thiazole rings is 1. The minimum Gasteiger partial charge on any atom is -0.302 e. The van der Waals surface area contributed by atoms with E-state index in [-0.39, 0.29) is 5.91 Å². The Bertz CT molecular complexity index is 1050. The van der Waals surface area contributed by atoms with Gasteiger partial charge in [-0.25, -0.2) is 9.97 Å². The van der Waals surface area contributed by atoms with Crippen LogP contribution in [0, 0.1) is 6.92 Å². The predicted molar refractivity (Wildman–Crippen MR) is 108 cm³/mol. The number of aryl methyl sites for hydroxylation is 1. The van der Waals surface area contributed by atoms with Crippen molar-refractivity contribution in [1.82, 2.24) is 14.5 Å². The number of imidazole rings is 1. The molecule has 27 heavy (non-hydrogen) atoms. The van der Waals surface area contributed by atoms with Crippen LogP contribution in [0.4, 0.5) is 5.13 Å². The number of anilines is 1. The zero-order valence-corrected chi connectivity index (χ0v) is 15.6. The average Bonchev–Trinajstić information content (AvgIpc) is 3.29. The van der Waals surface area contributed by atoms with E-state index < -0.39 is 0 Å². The first-order valence-electron chi connectivity index (χ1n) is 8.60. The first-order valence-corrected chi connectivity index (χ1v) is 9.42. The first-order chi connectivity index (χ1) is 13.2. The molecule has 1 N–H and O–H groups in total. The van der Waals surface area contributed by atoms with Crippen molar-refractivity contribution in [3.05, 3.63) is 84.4 Å². The Hall–Kier alpha value is -3.25. The van der Waals surface area contributed by atoms with E-state index >= 15 is 0 Å². The Kier molecular flexibility index (Phi) is 4.80. The fraction of sp³-hybridized carbons (Fsp3) is 0.0952. The van der Waals surface area contributed by atoms with Crippen molar-refractivity contribution < 1.29 is 4.79 Å². The molecule has 0 saturated carbocycles. The molecule has 4 rings (SSSR count). The minimum absolute atomic E-state index is 0.0806. The van der Waals surface area contributed by atoms with Gasteiger partial charge in [0.1, 0.15) is 17.0 Å². The Balaban J connectivity index is 1.64. The standard InChI is InChI=1S/C21H18N4OS/c1-15-13-25(14-22-15)20-19(17-10-6-3-7-11-17)24-21(27-20)23-18(26)12-16-8-4-2-5-9-16/h2-11,13-14H,12H2,1H3,(H,23,24,26). The fourth-order valence-corrected chi connectivity index (χ4v) is 3.75. The van der Waals surface area contributed by atoms with Gasteiger partial charge in [-0.1, -0.05) is 72.0 Å². The molecule has 4 aromatic rings. The molecule has 5 nitrogen and oxygen atoms in total. The number of amides is 1. The third-order valence-electron chi connectivity index (χ3n) is 4.06. The second-order valence-corrected chi connectivity index (χ2v) is 7.15. The molecule has 2 heterocycles. The largest absolute Gasteiger partial charge is 0.302 e. The summed E-state index contributed by atoms with van der Waals surface area (Å²) in [6.45, 7) is 1.95. The molecule has 2 aromatic carbocycles. The van der Waals surface area contributed by atoms with Gasteiger partial charge in [-0.3, -0.25) is 9.36 Å². The summed E-state index contributed by atoms with van der Waals surface area (Å²) in [6, 6.07) is 19.6. The zero-order chi connectivity index (χ0) is 18.6. The maximum absolute atomic E-state index is 12.4. The van der Waals surface area contributed by atoms with Crippen molar-refractivity contribution in [3.63, 3.8) is 0 Å². The summed E-state index contributed by atoms with van der Waals surface area (Å²) in [5.74, 6) is -0.0806. The SMILES string of the molecule is Cc1cn(-c2sc(NC(=O)Cc3ccccc3)nc2-c2ccccc2)cn1. The monoisotopic (exact) mass is 374 g/mol. The third-order valence-corrected chi connectivity index (χ3v) is 5.04. The van der Waals surface area contributed by atoms with Crippen LogP contribution >= 0.6 is 11.3 Å². The van der Waals surface area contributed by atoms with E-state index in [4.69, 9.17) is 0 Å². The number of nitrogens with zero attached hydrogens (tertiary/aromatic N) is 3. The van der Waals surface area contributed by atoms with Crippen molar-refractivity contribution >= 4 is 22.4 Å². The number of hydrogen-bond donors (Lipinski definition) is 1. The normalized spacial score (nSPS) is 10.7. The lowest BCUT2D eigenvalue weighted by atomic mass is 10.1. The summed E-state index contributed by atoms with van der Waals surface area (Å²) in [6.07, 6.45) is 4.04. The molecular formula is C21H18N4OS. The molecule has 0 aliphatic rings. The number of carbonyl (C=O) groups is 1. The van der Waals surface area contributed by atoms with Crippen molar-refractivity contribution in [3.8, 4) is 16.3 Å². The van der Waals surface area contributed by atoms with E-state index in [0.29, 0.717) is 11.6 Å². The molecule has 0 atom stereocenters. The van der Waals surface area contributed by atoms with Crippen molar-refractivity contribution in [2.24, 2.45) is 0 Å². The van der Waals surface area contributed by atoms with E-state index in [1.54, 1.807) is 6.33 Å². The lowest BCUT2D eigenvalue weighted by molar-refractivity contribution is -0.115. The molecule has 0 aliphatic heterocycles. The van der Waals surface area contributed by atoms with Crippen LogP contribution < -0.4 is 5.32 Å². The fourth-order valence-electron chi connectivity index (χ4n) is 2.80. The highest BCUT2D eigenvalue weighted by atomic mass is 32.1. The van der Waals surface area contributed by atoms with Crippen molar-refractivity contribution in [1.29, 1.82) is 0 Å². The summed E-state index contributed by atoms with van der Waals surface area (Å²) in [5, 5.41) is 4.44. The van der Waals surface area contributed by atoms with Crippen LogP contribution in [0.2, 0.25) is 0 Å². The molecule has 0 bridgehead atoms. The number of benzene rings is 2. The minimum atomic E-state index is -0.0806. The molecular weight excluding hydrogens is 356 g/mol. The van der Waals surface area contributed by atoms with Crippen LogP contribution in [-0.2, 0) is 11.2 Å². The van der Waals surface area contributed by atoms with Gasteiger partial charge in [0.05, 0.1) is 12.1 Å². The molecule has 6 heteroatoms. The maximum atomic E-state index is 12.4. The topological polar surface area (TPSA) is 59.8 Å². The number of hydrogen-bond acceptors (Lipinski definition) is 4. The summed E-state index contributed by atoms with van der Waals surface area (Å²) < 4.78 is 1.95. The Labute approximate surface area is 161 Å². The number of rotatable bonds is 5. The van der Waals surface area contributed by atoms with E-state index in [9.17, 15) is 4.79 Å². The second-order valence-electron chi connectivity index (χ2n) is 6.17. The van der Waals surface area contributed by atoms with Gasteiger partial charge in [-0.15, -0.1) is 0 Å². The molecule has 0 fully saturated rings. The van der Waals surface area contributed by atoms with Gasteiger partial charge < -0.3 is 5.32 Å². The Morgan fingerprint density at radius 2 is 1.78 bits per heavy atom. The predicted octanol–water partition coefficient (Wildman–Crippen LogP) is 4.49. The summed E-state index contributed by atoms with van der Waals surface area (Å²) in [4.78, 5) is 21.4. The van der Waals surface area contributed by atoms with Gasteiger partial charge in [-0.05, 0) is 12.5 Å². The van der Waals surface area contributed by atoms with Gasteiger partial charge in [-0.2, -0.15) is 0 Å². The third kappa shape index (κ3) is 3.96. The van der Waals surface area contributed by atoms with Gasteiger partial charge in [0.2, 0.25) is 5.91 Å². The van der Waals surface area contributed by atoms with Crippen LogP contribution in [0.25, 0.3) is 16.3 Å². The zero-order valence-electron chi connectivity index (χ0n) is 14.8. The van der Waals surface area contributed by atoms with E-state index in [2.05, 4.69) is 15.3 Å². The lowest BCUT2D eigenvalue weighted by Gasteiger charge is -2.02. The van der Waals surface area contributed by atoms with E-state index in [1.165, 1.54) is 11.3 Å². The molecule has 0 unspecified atom stereocenters. The number of carbonyl (C=O) groups excluding carboxylic acids is 1.